The Labute approximate surface area is 175 Å². The number of carbonyl (C=O) groups excluding carboxylic acids is 3. The largest absolute Gasteiger partial charge is 0.490 e. The van der Waals surface area contributed by atoms with Crippen LogP contribution >= 0.6 is 0 Å². The lowest BCUT2D eigenvalue weighted by Gasteiger charge is -2.14. The molecule has 156 valence electrons. The van der Waals surface area contributed by atoms with Gasteiger partial charge in [0.2, 0.25) is 5.91 Å². The molecule has 2 aromatic rings. The van der Waals surface area contributed by atoms with Crippen molar-refractivity contribution >= 4 is 29.6 Å². The van der Waals surface area contributed by atoms with Crippen LogP contribution in [0.5, 0.6) is 5.75 Å². The highest BCUT2D eigenvalue weighted by Crippen LogP contribution is 2.24. The Morgan fingerprint density at radius 1 is 1.17 bits per heavy atom. The molecule has 1 saturated heterocycles. The average molecular weight is 407 g/mol. The fourth-order valence-corrected chi connectivity index (χ4v) is 2.86. The predicted molar refractivity (Wildman–Crippen MR) is 115 cm³/mol. The predicted octanol–water partition coefficient (Wildman–Crippen LogP) is 3.70. The number of nitrogens with one attached hydrogen (secondary N) is 2. The summed E-state index contributed by atoms with van der Waals surface area (Å²) < 4.78 is 5.89. The molecule has 0 aromatic heterocycles. The smallest absolute Gasteiger partial charge is 0.329 e. The van der Waals surface area contributed by atoms with Gasteiger partial charge in [0.1, 0.15) is 18.0 Å². The second-order valence-electron chi connectivity index (χ2n) is 7.17. The SMILES string of the molecule is CC[C@@H](C)Oc1ccccc1/C=C1/NC(=O)N(CC(=O)Nc2ccc(C)cc2)C1=O. The highest BCUT2D eigenvalue weighted by Gasteiger charge is 2.35. The van der Waals surface area contributed by atoms with Gasteiger partial charge in [-0.2, -0.15) is 0 Å². The third-order valence-corrected chi connectivity index (χ3v) is 4.72. The molecular formula is C23H25N3O4. The number of hydrogen-bond donors (Lipinski definition) is 2. The normalized spacial score (nSPS) is 15.8. The van der Waals surface area contributed by atoms with Crippen molar-refractivity contribution in [2.45, 2.75) is 33.3 Å². The highest BCUT2D eigenvalue weighted by molar-refractivity contribution is 6.16. The number of nitrogens with zero attached hydrogens (tertiary/aromatic N) is 1. The molecule has 1 atom stereocenters. The lowest BCUT2D eigenvalue weighted by atomic mass is 10.1. The number of aryl methyl sites for hydroxylation is 1. The molecule has 2 aromatic carbocycles. The van der Waals surface area contributed by atoms with E-state index < -0.39 is 17.8 Å². The molecule has 4 amide bonds. The maximum atomic E-state index is 12.7. The minimum atomic E-state index is -0.634. The van der Waals surface area contributed by atoms with Crippen molar-refractivity contribution in [3.05, 3.63) is 65.4 Å². The van der Waals surface area contributed by atoms with Crippen LogP contribution in [-0.4, -0.2) is 35.4 Å². The molecule has 3 rings (SSSR count). The van der Waals surface area contributed by atoms with E-state index in [1.807, 2.05) is 51.1 Å². The van der Waals surface area contributed by atoms with Crippen LogP contribution in [0.15, 0.2) is 54.2 Å². The van der Waals surface area contributed by atoms with Crippen molar-refractivity contribution in [3.8, 4) is 5.75 Å². The minimum absolute atomic E-state index is 0.0142. The first-order chi connectivity index (χ1) is 14.4. The molecule has 2 N–H and O–H groups in total. The first-order valence-electron chi connectivity index (χ1n) is 9.84. The van der Waals surface area contributed by atoms with Gasteiger partial charge in [0, 0.05) is 11.3 Å². The zero-order valence-electron chi connectivity index (χ0n) is 17.3. The number of benzene rings is 2. The molecule has 0 spiro atoms. The molecular weight excluding hydrogens is 382 g/mol. The second kappa shape index (κ2) is 9.26. The molecule has 1 aliphatic rings. The molecule has 1 fully saturated rings. The van der Waals surface area contributed by atoms with E-state index in [0.717, 1.165) is 16.9 Å². The van der Waals surface area contributed by atoms with Gasteiger partial charge in [0.25, 0.3) is 5.91 Å². The van der Waals surface area contributed by atoms with E-state index in [4.69, 9.17) is 4.74 Å². The summed E-state index contributed by atoms with van der Waals surface area (Å²) >= 11 is 0. The van der Waals surface area contributed by atoms with Gasteiger partial charge in [-0.05, 0) is 44.5 Å². The number of anilines is 1. The van der Waals surface area contributed by atoms with Crippen LogP contribution in [0.2, 0.25) is 0 Å². The van der Waals surface area contributed by atoms with Crippen molar-refractivity contribution in [2.24, 2.45) is 0 Å². The fraction of sp³-hybridized carbons (Fsp3) is 0.261. The number of carbonyl (C=O) groups is 3. The summed E-state index contributed by atoms with van der Waals surface area (Å²) in [5.41, 5.74) is 2.44. The molecule has 7 heteroatoms. The Morgan fingerprint density at radius 2 is 1.87 bits per heavy atom. The molecule has 7 nitrogen and oxygen atoms in total. The zero-order chi connectivity index (χ0) is 21.7. The summed E-state index contributed by atoms with van der Waals surface area (Å²) in [6.45, 7) is 5.55. The highest BCUT2D eigenvalue weighted by atomic mass is 16.5. The maximum absolute atomic E-state index is 12.7. The van der Waals surface area contributed by atoms with E-state index in [1.54, 1.807) is 24.3 Å². The Kier molecular flexibility index (Phi) is 6.51. The average Bonchev–Trinajstić information content (AvgIpc) is 2.98. The summed E-state index contributed by atoms with van der Waals surface area (Å²) in [5, 5.41) is 5.22. The summed E-state index contributed by atoms with van der Waals surface area (Å²) in [5.74, 6) is -0.390. The number of para-hydroxylation sites is 1. The summed E-state index contributed by atoms with van der Waals surface area (Å²) in [7, 11) is 0. The molecule has 0 unspecified atom stereocenters. The van der Waals surface area contributed by atoms with Crippen molar-refractivity contribution in [3.63, 3.8) is 0 Å². The first-order valence-corrected chi connectivity index (χ1v) is 9.84. The Balaban J connectivity index is 1.71. The van der Waals surface area contributed by atoms with Crippen LogP contribution in [0.4, 0.5) is 10.5 Å². The summed E-state index contributed by atoms with van der Waals surface area (Å²) in [4.78, 5) is 38.1. The van der Waals surface area contributed by atoms with E-state index in [0.29, 0.717) is 17.0 Å². The number of urea groups is 1. The van der Waals surface area contributed by atoms with Crippen LogP contribution in [0.3, 0.4) is 0 Å². The molecule has 30 heavy (non-hydrogen) atoms. The van der Waals surface area contributed by atoms with E-state index in [2.05, 4.69) is 10.6 Å². The van der Waals surface area contributed by atoms with Gasteiger partial charge in [0.05, 0.1) is 6.10 Å². The molecule has 0 aliphatic carbocycles. The topological polar surface area (TPSA) is 87.7 Å². The van der Waals surface area contributed by atoms with Gasteiger partial charge in [-0.15, -0.1) is 0 Å². The third kappa shape index (κ3) is 5.05. The Bertz CT molecular complexity index is 982. The number of ether oxygens (including phenoxy) is 1. The van der Waals surface area contributed by atoms with Crippen molar-refractivity contribution < 1.29 is 19.1 Å². The van der Waals surface area contributed by atoms with Crippen LogP contribution in [0, 0.1) is 6.92 Å². The van der Waals surface area contributed by atoms with Crippen LogP contribution in [0.25, 0.3) is 6.08 Å². The van der Waals surface area contributed by atoms with Crippen molar-refractivity contribution in [2.75, 3.05) is 11.9 Å². The summed E-state index contributed by atoms with van der Waals surface area (Å²) in [6.07, 6.45) is 2.42. The monoisotopic (exact) mass is 407 g/mol. The quantitative estimate of drug-likeness (QED) is 0.541. The van der Waals surface area contributed by atoms with Gasteiger partial charge < -0.3 is 15.4 Å². The third-order valence-electron chi connectivity index (χ3n) is 4.72. The zero-order valence-corrected chi connectivity index (χ0v) is 17.3. The van der Waals surface area contributed by atoms with Crippen LogP contribution in [0.1, 0.15) is 31.4 Å². The number of amides is 4. The Hall–Kier alpha value is -3.61. The van der Waals surface area contributed by atoms with Gasteiger partial charge in [0.15, 0.2) is 0 Å². The lowest BCUT2D eigenvalue weighted by Crippen LogP contribution is -2.38. The van der Waals surface area contributed by atoms with E-state index >= 15 is 0 Å². The molecule has 1 aliphatic heterocycles. The van der Waals surface area contributed by atoms with E-state index in [-0.39, 0.29) is 18.3 Å². The number of imide groups is 1. The second-order valence-corrected chi connectivity index (χ2v) is 7.17. The van der Waals surface area contributed by atoms with Crippen LogP contribution in [-0.2, 0) is 9.59 Å². The fourth-order valence-electron chi connectivity index (χ4n) is 2.86. The van der Waals surface area contributed by atoms with Gasteiger partial charge >= 0.3 is 6.03 Å². The Morgan fingerprint density at radius 3 is 2.57 bits per heavy atom. The first kappa shape index (κ1) is 21.1. The maximum Gasteiger partial charge on any atom is 0.329 e. The van der Waals surface area contributed by atoms with E-state index in [1.165, 1.54) is 0 Å². The van der Waals surface area contributed by atoms with Gasteiger partial charge in [-0.1, -0.05) is 42.8 Å². The van der Waals surface area contributed by atoms with Gasteiger partial charge in [-0.25, -0.2) is 9.69 Å². The van der Waals surface area contributed by atoms with Crippen LogP contribution < -0.4 is 15.4 Å². The van der Waals surface area contributed by atoms with Gasteiger partial charge in [-0.3, -0.25) is 9.59 Å². The molecule has 0 bridgehead atoms. The number of hydrogen-bond acceptors (Lipinski definition) is 4. The molecule has 1 heterocycles. The van der Waals surface area contributed by atoms with Crippen molar-refractivity contribution in [1.29, 1.82) is 0 Å². The molecule has 0 saturated carbocycles. The summed E-state index contributed by atoms with van der Waals surface area (Å²) in [6, 6.07) is 13.9. The minimum Gasteiger partial charge on any atom is -0.490 e. The van der Waals surface area contributed by atoms with E-state index in [9.17, 15) is 14.4 Å². The number of rotatable bonds is 7. The lowest BCUT2D eigenvalue weighted by molar-refractivity contribution is -0.127. The van der Waals surface area contributed by atoms with Crippen molar-refractivity contribution in [1.82, 2.24) is 10.2 Å². The molecule has 0 radical (unpaired) electrons. The standard InChI is InChI=1S/C23H25N3O4/c1-4-16(3)30-20-8-6-5-7-17(20)13-19-22(28)26(23(29)25-19)14-21(27)24-18-11-9-15(2)10-12-18/h5-13,16H,4,14H2,1-3H3,(H,24,27)(H,25,29)/b19-13+/t16-/m1/s1.